The Balaban J connectivity index is 1.30. The van der Waals surface area contributed by atoms with Gasteiger partial charge in [-0.2, -0.15) is 0 Å². The van der Waals surface area contributed by atoms with E-state index in [2.05, 4.69) is 32.4 Å². The Hall–Kier alpha value is -3.16. The fourth-order valence-electron chi connectivity index (χ4n) is 4.18. The van der Waals surface area contributed by atoms with Gasteiger partial charge in [-0.1, -0.05) is 12.1 Å². The lowest BCUT2D eigenvalue weighted by Gasteiger charge is -2.26. The highest BCUT2D eigenvalue weighted by Crippen LogP contribution is 2.23. The summed E-state index contributed by atoms with van der Waals surface area (Å²) < 4.78 is 7.64. The Bertz CT molecular complexity index is 1180. The van der Waals surface area contributed by atoms with Crippen molar-refractivity contribution in [1.29, 1.82) is 0 Å². The monoisotopic (exact) mass is 446 g/mol. The van der Waals surface area contributed by atoms with E-state index in [0.29, 0.717) is 22.9 Å². The number of nitrogens with one attached hydrogen (secondary N) is 2. The highest BCUT2D eigenvalue weighted by Gasteiger charge is 2.24. The van der Waals surface area contributed by atoms with Gasteiger partial charge in [0.05, 0.1) is 13.2 Å². The van der Waals surface area contributed by atoms with Crippen molar-refractivity contribution in [1.82, 2.24) is 14.8 Å². The van der Waals surface area contributed by atoms with Gasteiger partial charge in [-0.15, -0.1) is 0 Å². The molecule has 2 N–H and O–H groups in total. The van der Waals surface area contributed by atoms with E-state index in [1.807, 2.05) is 31.2 Å². The van der Waals surface area contributed by atoms with E-state index in [1.165, 1.54) is 0 Å². The summed E-state index contributed by atoms with van der Waals surface area (Å²) in [5.41, 5.74) is 3.79. The van der Waals surface area contributed by atoms with Gasteiger partial charge in [-0.3, -0.25) is 14.5 Å². The molecule has 7 nitrogen and oxygen atoms in total. The molecule has 0 bridgehead atoms. The van der Waals surface area contributed by atoms with E-state index in [0.717, 1.165) is 68.7 Å². The van der Waals surface area contributed by atoms with Crippen LogP contribution in [0, 0.1) is 6.92 Å². The number of hydrogen-bond donors (Lipinski definition) is 2. The van der Waals surface area contributed by atoms with Crippen molar-refractivity contribution in [3.63, 3.8) is 0 Å². The molecule has 1 aromatic heterocycles. The van der Waals surface area contributed by atoms with E-state index < -0.39 is 0 Å². The van der Waals surface area contributed by atoms with Crippen molar-refractivity contribution in [2.24, 2.45) is 0 Å². The lowest BCUT2D eigenvalue weighted by Crippen LogP contribution is -2.38. The molecule has 2 aliphatic rings. The lowest BCUT2D eigenvalue weighted by molar-refractivity contribution is 0.0365. The molecule has 172 valence electrons. The predicted molar refractivity (Wildman–Crippen MR) is 129 cm³/mol. The molecule has 3 aromatic rings. The van der Waals surface area contributed by atoms with Crippen LogP contribution in [0.25, 0.3) is 10.9 Å². The number of hydrogen-bond acceptors (Lipinski definition) is 4. The van der Waals surface area contributed by atoms with E-state index in [4.69, 9.17) is 4.74 Å². The van der Waals surface area contributed by atoms with Gasteiger partial charge < -0.3 is 19.9 Å². The Morgan fingerprint density at radius 1 is 0.970 bits per heavy atom. The zero-order valence-electron chi connectivity index (χ0n) is 19.0. The first-order chi connectivity index (χ1) is 16.1. The van der Waals surface area contributed by atoms with Gasteiger partial charge in [0.15, 0.2) is 0 Å². The Morgan fingerprint density at radius 2 is 1.73 bits per heavy atom. The second-order valence-corrected chi connectivity index (χ2v) is 8.97. The van der Waals surface area contributed by atoms with Crippen LogP contribution in [0.4, 0.5) is 5.69 Å². The zero-order valence-corrected chi connectivity index (χ0v) is 19.0. The van der Waals surface area contributed by atoms with Crippen LogP contribution < -0.4 is 10.6 Å². The number of ether oxygens (including phenoxy) is 1. The topological polar surface area (TPSA) is 75.6 Å². The third-order valence-corrected chi connectivity index (χ3v) is 6.46. The molecule has 2 heterocycles. The van der Waals surface area contributed by atoms with Crippen molar-refractivity contribution in [3.05, 3.63) is 65.4 Å². The number of carbonyl (C=O) groups excluding carboxylic acids is 2. The smallest absolute Gasteiger partial charge is 0.255 e. The Labute approximate surface area is 193 Å². The van der Waals surface area contributed by atoms with E-state index in [9.17, 15) is 9.59 Å². The van der Waals surface area contributed by atoms with Crippen LogP contribution in [0.3, 0.4) is 0 Å². The second-order valence-electron chi connectivity index (χ2n) is 8.97. The van der Waals surface area contributed by atoms with Crippen molar-refractivity contribution >= 4 is 28.4 Å². The molecule has 5 rings (SSSR count). The van der Waals surface area contributed by atoms with Crippen LogP contribution in [0.1, 0.15) is 39.1 Å². The third-order valence-electron chi connectivity index (χ3n) is 6.46. The molecule has 7 heteroatoms. The van der Waals surface area contributed by atoms with Crippen LogP contribution in [0.15, 0.2) is 48.7 Å². The van der Waals surface area contributed by atoms with Crippen LogP contribution in [0.2, 0.25) is 0 Å². The predicted octanol–water partition coefficient (Wildman–Crippen LogP) is 3.43. The third kappa shape index (κ3) is 5.10. The summed E-state index contributed by atoms with van der Waals surface area (Å²) in [5.74, 6) is -0.270. The van der Waals surface area contributed by atoms with Gasteiger partial charge in [0.2, 0.25) is 0 Å². The normalized spacial score (nSPS) is 16.6. The van der Waals surface area contributed by atoms with Crippen LogP contribution >= 0.6 is 0 Å². The van der Waals surface area contributed by atoms with Crippen LogP contribution in [-0.2, 0) is 11.3 Å². The first-order valence-electron chi connectivity index (χ1n) is 11.7. The molecular formula is C26H30N4O3. The summed E-state index contributed by atoms with van der Waals surface area (Å²) in [7, 11) is 0. The molecule has 1 aliphatic carbocycles. The number of anilines is 1. The molecule has 33 heavy (non-hydrogen) atoms. The number of benzene rings is 2. The quantitative estimate of drug-likeness (QED) is 0.583. The minimum atomic E-state index is -0.180. The summed E-state index contributed by atoms with van der Waals surface area (Å²) in [4.78, 5) is 27.9. The van der Waals surface area contributed by atoms with E-state index >= 15 is 0 Å². The number of amides is 2. The minimum Gasteiger partial charge on any atom is -0.379 e. The largest absolute Gasteiger partial charge is 0.379 e. The van der Waals surface area contributed by atoms with Crippen molar-refractivity contribution in [2.45, 2.75) is 32.4 Å². The first-order valence-corrected chi connectivity index (χ1v) is 11.7. The maximum Gasteiger partial charge on any atom is 0.255 e. The highest BCUT2D eigenvalue weighted by atomic mass is 16.5. The van der Waals surface area contributed by atoms with Gasteiger partial charge in [-0.05, 0) is 61.0 Å². The number of morpholine rings is 1. The molecule has 0 atom stereocenters. The second kappa shape index (κ2) is 9.37. The molecule has 1 saturated heterocycles. The number of aromatic nitrogens is 1. The molecule has 0 spiro atoms. The first kappa shape index (κ1) is 21.7. The Kier molecular flexibility index (Phi) is 6.15. The standard InChI is InChI=1S/C26H30N4O3/c1-18-2-3-20(25(31)27-22-6-7-22)16-23(18)28-26(32)21-5-4-19-8-9-30(24(19)17-21)11-10-29-12-14-33-15-13-29/h2-5,8-9,16-17,22H,6-7,10-15H2,1H3,(H,27,31)(H,28,32). The SMILES string of the molecule is Cc1ccc(C(=O)NC2CC2)cc1NC(=O)c1ccc2ccn(CCN3CCOCC3)c2c1. The van der Waals surface area contributed by atoms with Crippen LogP contribution in [0.5, 0.6) is 0 Å². The van der Waals surface area contributed by atoms with Gasteiger partial charge in [-0.25, -0.2) is 0 Å². The molecule has 1 aliphatic heterocycles. The van der Waals surface area contributed by atoms with Gasteiger partial charge in [0.1, 0.15) is 0 Å². The fourth-order valence-corrected chi connectivity index (χ4v) is 4.18. The summed E-state index contributed by atoms with van der Waals surface area (Å²) in [5, 5.41) is 7.11. The summed E-state index contributed by atoms with van der Waals surface area (Å²) >= 11 is 0. The van der Waals surface area contributed by atoms with Crippen molar-refractivity contribution in [3.8, 4) is 0 Å². The van der Waals surface area contributed by atoms with Gasteiger partial charge >= 0.3 is 0 Å². The average molecular weight is 447 g/mol. The minimum absolute atomic E-state index is 0.0903. The molecule has 0 radical (unpaired) electrons. The van der Waals surface area contributed by atoms with Gasteiger partial charge in [0.25, 0.3) is 11.8 Å². The molecule has 0 unspecified atom stereocenters. The molecule has 1 saturated carbocycles. The van der Waals surface area contributed by atoms with Gasteiger partial charge in [0, 0.05) is 60.7 Å². The molecule has 2 fully saturated rings. The lowest BCUT2D eigenvalue weighted by atomic mass is 10.1. The number of nitrogens with zero attached hydrogens (tertiary/aromatic N) is 2. The molecular weight excluding hydrogens is 416 g/mol. The van der Waals surface area contributed by atoms with Crippen LogP contribution in [-0.4, -0.2) is 60.2 Å². The van der Waals surface area contributed by atoms with E-state index in [1.54, 1.807) is 12.1 Å². The summed E-state index contributed by atoms with van der Waals surface area (Å²) in [6, 6.07) is 13.6. The summed E-state index contributed by atoms with van der Waals surface area (Å²) in [6.07, 6.45) is 4.16. The van der Waals surface area contributed by atoms with E-state index in [-0.39, 0.29) is 11.8 Å². The number of carbonyl (C=O) groups is 2. The number of rotatable bonds is 7. The fraction of sp³-hybridized carbons (Fsp3) is 0.385. The highest BCUT2D eigenvalue weighted by molar-refractivity contribution is 6.07. The Morgan fingerprint density at radius 3 is 2.52 bits per heavy atom. The maximum absolute atomic E-state index is 13.1. The van der Waals surface area contributed by atoms with Crippen molar-refractivity contribution in [2.75, 3.05) is 38.2 Å². The zero-order chi connectivity index (χ0) is 22.8. The van der Waals surface area contributed by atoms with Crippen molar-refractivity contribution < 1.29 is 14.3 Å². The number of aryl methyl sites for hydroxylation is 1. The molecule has 2 aromatic carbocycles. The molecule has 2 amide bonds. The number of fused-ring (bicyclic) bond motifs is 1. The summed E-state index contributed by atoms with van der Waals surface area (Å²) in [6.45, 7) is 7.26. The maximum atomic E-state index is 13.1. The average Bonchev–Trinajstić information content (AvgIpc) is 3.56.